The van der Waals surface area contributed by atoms with Crippen LogP contribution in [-0.2, 0) is 4.79 Å². The first-order valence-corrected chi connectivity index (χ1v) is 10.2. The van der Waals surface area contributed by atoms with E-state index in [9.17, 15) is 9.59 Å². The highest BCUT2D eigenvalue weighted by atomic mass is 35.5. The molecule has 7 nitrogen and oxygen atoms in total. The fourth-order valence-corrected chi connectivity index (χ4v) is 3.97. The number of nitrogens with zero attached hydrogens (tertiary/aromatic N) is 3. The van der Waals surface area contributed by atoms with E-state index in [-0.39, 0.29) is 23.6 Å². The van der Waals surface area contributed by atoms with Crippen LogP contribution < -0.4 is 16.0 Å². The van der Waals surface area contributed by atoms with Gasteiger partial charge in [0.15, 0.2) is 0 Å². The maximum Gasteiger partial charge on any atom is 0.252 e. The van der Waals surface area contributed by atoms with Gasteiger partial charge in [-0.15, -0.1) is 0 Å². The fourth-order valence-electron chi connectivity index (χ4n) is 3.62. The zero-order valence-electron chi connectivity index (χ0n) is 16.1. The Labute approximate surface area is 179 Å². The number of anilines is 2. The highest BCUT2D eigenvalue weighted by Gasteiger charge is 2.38. The van der Waals surface area contributed by atoms with E-state index in [0.717, 1.165) is 19.3 Å². The molecule has 0 aliphatic heterocycles. The molecular formula is C20H23Cl2N5O2. The molecule has 1 fully saturated rings. The Morgan fingerprint density at radius 2 is 1.93 bits per heavy atom. The standard InChI is InChI=1S/C20H23Cl2N5O2/c1-27(16-7-10-24-19(22)26-16)13-5-6-15(21)14(11-13)17(28)25-12-20(18(23)29)8-3-2-4-9-20/h5-7,10-11H,2-4,8-9,12H2,1H3,(H2,23,29)(H,25,28). The number of primary amides is 1. The van der Waals surface area contributed by atoms with Crippen molar-refractivity contribution < 1.29 is 9.59 Å². The molecule has 0 radical (unpaired) electrons. The number of nitrogens with two attached hydrogens (primary N) is 1. The first-order chi connectivity index (χ1) is 13.8. The minimum atomic E-state index is -0.688. The van der Waals surface area contributed by atoms with Crippen LogP contribution in [0, 0.1) is 5.41 Å². The Hall–Kier alpha value is -2.38. The van der Waals surface area contributed by atoms with Crippen LogP contribution in [0.4, 0.5) is 11.5 Å². The lowest BCUT2D eigenvalue weighted by molar-refractivity contribution is -0.129. The van der Waals surface area contributed by atoms with E-state index in [4.69, 9.17) is 28.9 Å². The Morgan fingerprint density at radius 3 is 2.59 bits per heavy atom. The second-order valence-electron chi connectivity index (χ2n) is 7.29. The van der Waals surface area contributed by atoms with Crippen molar-refractivity contribution in [2.24, 2.45) is 11.1 Å². The third-order valence-electron chi connectivity index (χ3n) is 5.46. The zero-order chi connectivity index (χ0) is 21.0. The van der Waals surface area contributed by atoms with Gasteiger partial charge in [-0.1, -0.05) is 30.9 Å². The lowest BCUT2D eigenvalue weighted by Gasteiger charge is -2.34. The first-order valence-electron chi connectivity index (χ1n) is 9.42. The van der Waals surface area contributed by atoms with Gasteiger partial charge in [0.2, 0.25) is 11.2 Å². The summed E-state index contributed by atoms with van der Waals surface area (Å²) >= 11 is 12.1. The van der Waals surface area contributed by atoms with E-state index < -0.39 is 5.41 Å². The molecule has 1 aromatic carbocycles. The minimum absolute atomic E-state index is 0.130. The van der Waals surface area contributed by atoms with Gasteiger partial charge in [-0.25, -0.2) is 9.97 Å². The van der Waals surface area contributed by atoms with Gasteiger partial charge in [0.1, 0.15) is 5.82 Å². The molecule has 0 unspecified atom stereocenters. The highest BCUT2D eigenvalue weighted by molar-refractivity contribution is 6.34. The number of aromatic nitrogens is 2. The summed E-state index contributed by atoms with van der Waals surface area (Å²) in [5.74, 6) is -0.136. The van der Waals surface area contributed by atoms with E-state index in [1.165, 1.54) is 0 Å². The molecule has 1 aromatic heterocycles. The molecule has 1 aliphatic rings. The number of nitrogens with one attached hydrogen (secondary N) is 1. The van der Waals surface area contributed by atoms with Crippen molar-refractivity contribution in [1.82, 2.24) is 15.3 Å². The van der Waals surface area contributed by atoms with E-state index in [2.05, 4.69) is 15.3 Å². The van der Waals surface area contributed by atoms with Crippen LogP contribution in [0.3, 0.4) is 0 Å². The van der Waals surface area contributed by atoms with Gasteiger partial charge < -0.3 is 16.0 Å². The average Bonchev–Trinajstić information content (AvgIpc) is 2.72. The molecule has 1 saturated carbocycles. The Morgan fingerprint density at radius 1 is 1.21 bits per heavy atom. The molecule has 0 bridgehead atoms. The van der Waals surface area contributed by atoms with Crippen molar-refractivity contribution in [3.63, 3.8) is 0 Å². The van der Waals surface area contributed by atoms with Gasteiger partial charge in [-0.3, -0.25) is 9.59 Å². The third kappa shape index (κ3) is 4.79. The van der Waals surface area contributed by atoms with Gasteiger partial charge in [0, 0.05) is 25.5 Å². The van der Waals surface area contributed by atoms with Crippen LogP contribution in [0.1, 0.15) is 42.5 Å². The summed E-state index contributed by atoms with van der Waals surface area (Å²) in [5, 5.41) is 3.30. The molecule has 2 amide bonds. The molecule has 1 heterocycles. The molecule has 3 rings (SSSR count). The van der Waals surface area contributed by atoms with Crippen LogP contribution in [0.5, 0.6) is 0 Å². The lowest BCUT2D eigenvalue weighted by atomic mass is 9.73. The number of carbonyl (C=O) groups is 2. The number of amides is 2. The maximum absolute atomic E-state index is 12.8. The molecule has 3 N–H and O–H groups in total. The maximum atomic E-state index is 12.8. The van der Waals surface area contributed by atoms with Gasteiger partial charge in [0.05, 0.1) is 16.0 Å². The molecule has 0 saturated heterocycles. The van der Waals surface area contributed by atoms with Crippen molar-refractivity contribution in [2.75, 3.05) is 18.5 Å². The van der Waals surface area contributed by atoms with Crippen molar-refractivity contribution in [3.8, 4) is 0 Å². The second-order valence-corrected chi connectivity index (χ2v) is 8.04. The summed E-state index contributed by atoms with van der Waals surface area (Å²) in [4.78, 5) is 34.7. The molecule has 2 aromatic rings. The number of rotatable bonds is 6. The van der Waals surface area contributed by atoms with Gasteiger partial charge >= 0.3 is 0 Å². The Kier molecular flexibility index (Phi) is 6.59. The average molecular weight is 436 g/mol. The summed E-state index contributed by atoms with van der Waals surface area (Å²) in [7, 11) is 1.80. The van der Waals surface area contributed by atoms with Crippen molar-refractivity contribution in [2.45, 2.75) is 32.1 Å². The summed E-state index contributed by atoms with van der Waals surface area (Å²) in [5.41, 5.74) is 5.98. The summed E-state index contributed by atoms with van der Waals surface area (Å²) < 4.78 is 0. The number of halogens is 2. The van der Waals surface area contributed by atoms with Crippen LogP contribution in [-0.4, -0.2) is 35.4 Å². The Bertz CT molecular complexity index is 915. The number of benzene rings is 1. The lowest BCUT2D eigenvalue weighted by Crippen LogP contribution is -2.47. The zero-order valence-corrected chi connectivity index (χ0v) is 17.6. The molecule has 154 valence electrons. The molecule has 0 spiro atoms. The molecule has 29 heavy (non-hydrogen) atoms. The number of hydrogen-bond donors (Lipinski definition) is 2. The predicted octanol–water partition coefficient (Wildman–Crippen LogP) is 3.72. The van der Waals surface area contributed by atoms with Gasteiger partial charge in [-0.05, 0) is 48.7 Å². The van der Waals surface area contributed by atoms with Crippen LogP contribution in [0.25, 0.3) is 0 Å². The number of hydrogen-bond acceptors (Lipinski definition) is 5. The Balaban J connectivity index is 1.78. The second kappa shape index (κ2) is 8.97. The summed E-state index contributed by atoms with van der Waals surface area (Å²) in [6, 6.07) is 6.81. The van der Waals surface area contributed by atoms with Crippen molar-refractivity contribution in [3.05, 3.63) is 46.3 Å². The van der Waals surface area contributed by atoms with Gasteiger partial charge in [0.25, 0.3) is 5.91 Å². The topological polar surface area (TPSA) is 101 Å². The third-order valence-corrected chi connectivity index (χ3v) is 5.97. The quantitative estimate of drug-likeness (QED) is 0.673. The van der Waals surface area contributed by atoms with Crippen molar-refractivity contribution >= 4 is 46.5 Å². The smallest absolute Gasteiger partial charge is 0.252 e. The van der Waals surface area contributed by atoms with E-state index in [0.29, 0.717) is 34.9 Å². The number of carbonyl (C=O) groups excluding carboxylic acids is 2. The SMILES string of the molecule is CN(c1ccc(Cl)c(C(=O)NCC2(C(N)=O)CCCCC2)c1)c1ccnc(Cl)n1. The monoisotopic (exact) mass is 435 g/mol. The molecule has 9 heteroatoms. The molecular weight excluding hydrogens is 413 g/mol. The van der Waals surface area contributed by atoms with E-state index in [1.54, 1.807) is 42.4 Å². The molecule has 1 aliphatic carbocycles. The predicted molar refractivity (Wildman–Crippen MR) is 114 cm³/mol. The molecule has 0 atom stereocenters. The van der Waals surface area contributed by atoms with Crippen molar-refractivity contribution in [1.29, 1.82) is 0 Å². The fraction of sp³-hybridized carbons (Fsp3) is 0.400. The summed E-state index contributed by atoms with van der Waals surface area (Å²) in [6.45, 7) is 0.207. The van der Waals surface area contributed by atoms with E-state index in [1.807, 2.05) is 0 Å². The highest BCUT2D eigenvalue weighted by Crippen LogP contribution is 2.35. The van der Waals surface area contributed by atoms with Crippen LogP contribution in [0.2, 0.25) is 10.3 Å². The summed E-state index contributed by atoms with van der Waals surface area (Å²) in [6.07, 6.45) is 5.87. The van der Waals surface area contributed by atoms with Crippen LogP contribution >= 0.6 is 23.2 Å². The normalized spacial score (nSPS) is 15.6. The first kappa shape index (κ1) is 21.3. The largest absolute Gasteiger partial charge is 0.369 e. The van der Waals surface area contributed by atoms with Gasteiger partial charge in [-0.2, -0.15) is 0 Å². The minimum Gasteiger partial charge on any atom is -0.369 e. The van der Waals surface area contributed by atoms with Crippen LogP contribution in [0.15, 0.2) is 30.5 Å². The van der Waals surface area contributed by atoms with E-state index >= 15 is 0 Å².